The van der Waals surface area contributed by atoms with Crippen molar-refractivity contribution in [2.24, 2.45) is 0 Å². The van der Waals surface area contributed by atoms with E-state index in [-0.39, 0.29) is 11.5 Å². The van der Waals surface area contributed by atoms with Crippen LogP contribution in [0.25, 0.3) is 6.08 Å². The molecule has 1 unspecified atom stereocenters. The SMILES string of the molecule is COC(=O)C1(O)C[C@@H](O)[C@@H](O)[C@H](OC(=O)/C=C\c2ccc(O)c(O)c2)C1. The number of carbonyl (C=O) groups excluding carboxylic acids is 2. The number of rotatable bonds is 4. The minimum Gasteiger partial charge on any atom is -0.504 e. The second-order valence-electron chi connectivity index (χ2n) is 6.05. The zero-order chi connectivity index (χ0) is 19.5. The largest absolute Gasteiger partial charge is 0.504 e. The second-order valence-corrected chi connectivity index (χ2v) is 6.05. The lowest BCUT2D eigenvalue weighted by Gasteiger charge is -2.39. The number of methoxy groups -OCH3 is 1. The Morgan fingerprint density at radius 2 is 1.88 bits per heavy atom. The van der Waals surface area contributed by atoms with E-state index in [0.717, 1.165) is 13.2 Å². The molecule has 1 aromatic rings. The molecule has 2 rings (SSSR count). The van der Waals surface area contributed by atoms with Gasteiger partial charge in [-0.3, -0.25) is 0 Å². The summed E-state index contributed by atoms with van der Waals surface area (Å²) in [5, 5.41) is 48.7. The molecule has 9 nitrogen and oxygen atoms in total. The molecule has 0 amide bonds. The highest BCUT2D eigenvalue weighted by molar-refractivity contribution is 5.87. The van der Waals surface area contributed by atoms with E-state index in [1.807, 2.05) is 0 Å². The van der Waals surface area contributed by atoms with Crippen molar-refractivity contribution in [2.45, 2.75) is 36.8 Å². The van der Waals surface area contributed by atoms with Crippen molar-refractivity contribution in [1.29, 1.82) is 0 Å². The highest BCUT2D eigenvalue weighted by atomic mass is 16.6. The van der Waals surface area contributed by atoms with Crippen LogP contribution in [-0.4, -0.2) is 68.5 Å². The Hall–Kier alpha value is -2.62. The van der Waals surface area contributed by atoms with Crippen LogP contribution in [-0.2, 0) is 19.1 Å². The standard InChI is InChI=1S/C17H20O9/c1-25-16(23)17(24)7-12(20)15(22)13(8-17)26-14(21)5-3-9-2-4-10(18)11(19)6-9/h2-6,12-13,15,18-20,22,24H,7-8H2,1H3/b5-3-/t12-,13-,15-,17?/m1/s1. The van der Waals surface area contributed by atoms with Crippen LogP contribution in [0.15, 0.2) is 24.3 Å². The molecule has 0 heterocycles. The summed E-state index contributed by atoms with van der Waals surface area (Å²) in [5.41, 5.74) is -1.68. The van der Waals surface area contributed by atoms with Gasteiger partial charge in [0.2, 0.25) is 0 Å². The van der Waals surface area contributed by atoms with Gasteiger partial charge in [0.25, 0.3) is 0 Å². The highest BCUT2D eigenvalue weighted by Gasteiger charge is 2.50. The van der Waals surface area contributed by atoms with E-state index in [0.29, 0.717) is 5.56 Å². The summed E-state index contributed by atoms with van der Waals surface area (Å²) >= 11 is 0. The third kappa shape index (κ3) is 4.31. The van der Waals surface area contributed by atoms with Gasteiger partial charge in [-0.25, -0.2) is 9.59 Å². The van der Waals surface area contributed by atoms with Gasteiger partial charge in [-0.1, -0.05) is 6.07 Å². The van der Waals surface area contributed by atoms with E-state index >= 15 is 0 Å². The number of phenolic OH excluding ortho intramolecular Hbond substituents is 2. The predicted octanol–water partition coefficient (Wildman–Crippen LogP) is -0.558. The fraction of sp³-hybridized carbons (Fsp3) is 0.412. The summed E-state index contributed by atoms with van der Waals surface area (Å²) in [6.45, 7) is 0. The number of hydrogen-bond acceptors (Lipinski definition) is 9. The van der Waals surface area contributed by atoms with Crippen LogP contribution in [0, 0.1) is 0 Å². The first-order chi connectivity index (χ1) is 12.2. The van der Waals surface area contributed by atoms with E-state index in [1.165, 1.54) is 24.3 Å². The Labute approximate surface area is 148 Å². The average Bonchev–Trinajstić information content (AvgIpc) is 2.59. The molecule has 4 atom stereocenters. The number of carbonyl (C=O) groups is 2. The van der Waals surface area contributed by atoms with Gasteiger partial charge in [0.1, 0.15) is 12.2 Å². The van der Waals surface area contributed by atoms with Gasteiger partial charge in [0.15, 0.2) is 17.1 Å². The van der Waals surface area contributed by atoms with E-state index in [2.05, 4.69) is 4.74 Å². The number of aliphatic hydroxyl groups excluding tert-OH is 2. The lowest BCUT2D eigenvalue weighted by atomic mass is 9.79. The van der Waals surface area contributed by atoms with Gasteiger partial charge in [0.05, 0.1) is 13.2 Å². The summed E-state index contributed by atoms with van der Waals surface area (Å²) in [7, 11) is 1.06. The summed E-state index contributed by atoms with van der Waals surface area (Å²) in [6.07, 6.45) is -2.88. The van der Waals surface area contributed by atoms with Crippen LogP contribution in [0.3, 0.4) is 0 Å². The van der Waals surface area contributed by atoms with Gasteiger partial charge < -0.3 is 35.0 Å². The van der Waals surface area contributed by atoms with Crippen LogP contribution in [0.2, 0.25) is 0 Å². The summed E-state index contributed by atoms with van der Waals surface area (Å²) in [4.78, 5) is 23.6. The topological polar surface area (TPSA) is 154 Å². The molecule has 9 heteroatoms. The fourth-order valence-corrected chi connectivity index (χ4v) is 2.72. The minimum atomic E-state index is -2.08. The first-order valence-corrected chi connectivity index (χ1v) is 7.74. The number of aliphatic hydroxyl groups is 3. The van der Waals surface area contributed by atoms with E-state index < -0.39 is 48.7 Å². The lowest BCUT2D eigenvalue weighted by molar-refractivity contribution is -0.198. The number of ether oxygens (including phenoxy) is 2. The smallest absolute Gasteiger partial charge is 0.338 e. The average molecular weight is 368 g/mol. The number of phenols is 2. The maximum Gasteiger partial charge on any atom is 0.338 e. The molecule has 0 aromatic heterocycles. The normalized spacial score (nSPS) is 28.7. The number of hydrogen-bond donors (Lipinski definition) is 5. The van der Waals surface area contributed by atoms with Gasteiger partial charge >= 0.3 is 11.9 Å². The summed E-state index contributed by atoms with van der Waals surface area (Å²) in [6, 6.07) is 3.89. The van der Waals surface area contributed by atoms with Crippen molar-refractivity contribution < 1.29 is 44.6 Å². The zero-order valence-electron chi connectivity index (χ0n) is 13.9. The zero-order valence-corrected chi connectivity index (χ0v) is 13.9. The number of benzene rings is 1. The van der Waals surface area contributed by atoms with Gasteiger partial charge in [0, 0.05) is 18.9 Å². The van der Waals surface area contributed by atoms with Gasteiger partial charge in [-0.05, 0) is 23.8 Å². The van der Waals surface area contributed by atoms with Gasteiger partial charge in [-0.2, -0.15) is 0 Å². The van der Waals surface area contributed by atoms with Crippen molar-refractivity contribution >= 4 is 18.0 Å². The molecule has 1 aliphatic rings. The molecule has 1 fully saturated rings. The molecule has 0 bridgehead atoms. The van der Waals surface area contributed by atoms with E-state index in [1.54, 1.807) is 0 Å². The molecule has 5 N–H and O–H groups in total. The number of aromatic hydroxyl groups is 2. The molecular formula is C17H20O9. The first kappa shape index (κ1) is 19.7. The third-order valence-electron chi connectivity index (χ3n) is 4.11. The molecule has 0 spiro atoms. The molecule has 0 saturated heterocycles. The predicted molar refractivity (Wildman–Crippen MR) is 86.9 cm³/mol. The fourth-order valence-electron chi connectivity index (χ4n) is 2.72. The quantitative estimate of drug-likeness (QED) is 0.267. The molecular weight excluding hydrogens is 348 g/mol. The summed E-state index contributed by atoms with van der Waals surface area (Å²) < 4.78 is 9.50. The Morgan fingerprint density at radius 3 is 2.50 bits per heavy atom. The van der Waals surface area contributed by atoms with Crippen LogP contribution in [0.4, 0.5) is 0 Å². The Kier molecular flexibility index (Phi) is 5.86. The van der Waals surface area contributed by atoms with E-state index in [4.69, 9.17) is 4.74 Å². The van der Waals surface area contributed by atoms with Gasteiger partial charge in [-0.15, -0.1) is 0 Å². The van der Waals surface area contributed by atoms with Crippen LogP contribution in [0.1, 0.15) is 18.4 Å². The molecule has 26 heavy (non-hydrogen) atoms. The highest BCUT2D eigenvalue weighted by Crippen LogP contribution is 2.32. The van der Waals surface area contributed by atoms with E-state index in [9.17, 15) is 35.1 Å². The second kappa shape index (κ2) is 7.73. The first-order valence-electron chi connectivity index (χ1n) is 7.74. The van der Waals surface area contributed by atoms with Crippen LogP contribution >= 0.6 is 0 Å². The molecule has 142 valence electrons. The molecule has 1 aliphatic carbocycles. The van der Waals surface area contributed by atoms with Crippen molar-refractivity contribution in [3.63, 3.8) is 0 Å². The minimum absolute atomic E-state index is 0.314. The molecule has 1 saturated carbocycles. The van der Waals surface area contributed by atoms with Crippen LogP contribution < -0.4 is 0 Å². The Balaban J connectivity index is 2.07. The molecule has 1 aromatic carbocycles. The van der Waals surface area contributed by atoms with Crippen molar-refractivity contribution in [3.8, 4) is 11.5 Å². The van der Waals surface area contributed by atoms with Crippen LogP contribution in [0.5, 0.6) is 11.5 Å². The lowest BCUT2D eigenvalue weighted by Crippen LogP contribution is -2.57. The molecule has 0 radical (unpaired) electrons. The van der Waals surface area contributed by atoms with Crippen molar-refractivity contribution in [3.05, 3.63) is 29.8 Å². The van der Waals surface area contributed by atoms with Crippen molar-refractivity contribution in [1.82, 2.24) is 0 Å². The number of esters is 2. The van der Waals surface area contributed by atoms with Crippen molar-refractivity contribution in [2.75, 3.05) is 7.11 Å². The third-order valence-corrected chi connectivity index (χ3v) is 4.11. The monoisotopic (exact) mass is 368 g/mol. The Morgan fingerprint density at radius 1 is 1.19 bits per heavy atom. The molecule has 0 aliphatic heterocycles. The summed E-state index contributed by atoms with van der Waals surface area (Å²) in [5.74, 6) is -2.58. The Bertz CT molecular complexity index is 714. The maximum absolute atomic E-state index is 11.9. The maximum atomic E-state index is 11.9.